The summed E-state index contributed by atoms with van der Waals surface area (Å²) in [5, 5.41) is 3.00. The molecular formula is C18H21N3O. The highest BCUT2D eigenvalue weighted by atomic mass is 16.2. The van der Waals surface area contributed by atoms with E-state index in [9.17, 15) is 4.79 Å². The molecule has 2 heterocycles. The fourth-order valence-corrected chi connectivity index (χ4v) is 2.91. The number of aromatic nitrogens is 1. The molecule has 0 aliphatic carbocycles. The lowest BCUT2D eigenvalue weighted by molar-refractivity contribution is 0.208. The number of carbonyl (C=O) groups is 1. The van der Waals surface area contributed by atoms with Gasteiger partial charge in [-0.3, -0.25) is 4.98 Å². The van der Waals surface area contributed by atoms with E-state index in [1.165, 1.54) is 5.56 Å². The average molecular weight is 295 g/mol. The van der Waals surface area contributed by atoms with Crippen LogP contribution in [0.3, 0.4) is 0 Å². The third kappa shape index (κ3) is 3.64. The Labute approximate surface area is 131 Å². The number of amides is 2. The SMILES string of the molecule is O=C(NCCc1cccnc1)N1CCC(c2ccccc2)C1. The maximum absolute atomic E-state index is 12.2. The summed E-state index contributed by atoms with van der Waals surface area (Å²) in [7, 11) is 0. The summed E-state index contributed by atoms with van der Waals surface area (Å²) < 4.78 is 0. The molecule has 0 spiro atoms. The van der Waals surface area contributed by atoms with E-state index in [2.05, 4.69) is 34.6 Å². The monoisotopic (exact) mass is 295 g/mol. The third-order valence-corrected chi connectivity index (χ3v) is 4.16. The maximum Gasteiger partial charge on any atom is 0.317 e. The number of carbonyl (C=O) groups excluding carboxylic acids is 1. The van der Waals surface area contributed by atoms with Gasteiger partial charge in [0.1, 0.15) is 0 Å². The van der Waals surface area contributed by atoms with Crippen molar-refractivity contribution in [2.24, 2.45) is 0 Å². The van der Waals surface area contributed by atoms with Crippen LogP contribution in [0.5, 0.6) is 0 Å². The molecule has 1 fully saturated rings. The number of benzene rings is 1. The summed E-state index contributed by atoms with van der Waals surface area (Å²) in [6.07, 6.45) is 5.46. The van der Waals surface area contributed by atoms with Crippen LogP contribution in [-0.2, 0) is 6.42 Å². The Hall–Kier alpha value is -2.36. The Kier molecular flexibility index (Phi) is 4.68. The molecule has 0 radical (unpaired) electrons. The van der Waals surface area contributed by atoms with E-state index < -0.39 is 0 Å². The zero-order valence-electron chi connectivity index (χ0n) is 12.6. The lowest BCUT2D eigenvalue weighted by Crippen LogP contribution is -2.39. The van der Waals surface area contributed by atoms with Gasteiger partial charge in [-0.1, -0.05) is 36.4 Å². The number of likely N-dealkylation sites (tertiary alicyclic amines) is 1. The predicted octanol–water partition coefficient (Wildman–Crippen LogP) is 2.82. The molecule has 1 atom stereocenters. The minimum absolute atomic E-state index is 0.0438. The number of hydrogen-bond acceptors (Lipinski definition) is 2. The standard InChI is InChI=1S/C18H21N3O/c22-18(20-11-8-15-5-4-10-19-13-15)21-12-9-17(14-21)16-6-2-1-3-7-16/h1-7,10,13,17H,8-9,11-12,14H2,(H,20,22). The van der Waals surface area contributed by atoms with Gasteiger partial charge in [0.2, 0.25) is 0 Å². The molecule has 4 nitrogen and oxygen atoms in total. The summed E-state index contributed by atoms with van der Waals surface area (Å²) in [5.41, 5.74) is 2.47. The molecule has 1 aromatic heterocycles. The molecule has 114 valence electrons. The topological polar surface area (TPSA) is 45.2 Å². The lowest BCUT2D eigenvalue weighted by Gasteiger charge is -2.17. The Morgan fingerprint density at radius 2 is 2.09 bits per heavy atom. The summed E-state index contributed by atoms with van der Waals surface area (Å²) in [4.78, 5) is 18.2. The zero-order valence-corrected chi connectivity index (χ0v) is 12.6. The van der Waals surface area contributed by atoms with Crippen LogP contribution in [-0.4, -0.2) is 35.5 Å². The van der Waals surface area contributed by atoms with E-state index in [1.54, 1.807) is 6.20 Å². The van der Waals surface area contributed by atoms with Crippen molar-refractivity contribution in [3.63, 3.8) is 0 Å². The van der Waals surface area contributed by atoms with Gasteiger partial charge < -0.3 is 10.2 Å². The van der Waals surface area contributed by atoms with Gasteiger partial charge in [0.25, 0.3) is 0 Å². The second kappa shape index (κ2) is 7.07. The molecule has 22 heavy (non-hydrogen) atoms. The first kappa shape index (κ1) is 14.6. The Morgan fingerprint density at radius 1 is 1.23 bits per heavy atom. The molecule has 1 saturated heterocycles. The fraction of sp³-hybridized carbons (Fsp3) is 0.333. The smallest absolute Gasteiger partial charge is 0.317 e. The first-order valence-electron chi connectivity index (χ1n) is 7.79. The number of pyridine rings is 1. The number of hydrogen-bond donors (Lipinski definition) is 1. The highest BCUT2D eigenvalue weighted by molar-refractivity contribution is 5.74. The van der Waals surface area contributed by atoms with E-state index in [-0.39, 0.29) is 6.03 Å². The van der Waals surface area contributed by atoms with E-state index in [4.69, 9.17) is 0 Å². The summed E-state index contributed by atoms with van der Waals surface area (Å²) >= 11 is 0. The minimum atomic E-state index is 0.0438. The molecule has 1 N–H and O–H groups in total. The molecule has 1 aromatic carbocycles. The highest BCUT2D eigenvalue weighted by Crippen LogP contribution is 2.26. The Bertz CT molecular complexity index is 600. The Morgan fingerprint density at radius 3 is 2.86 bits per heavy atom. The van der Waals surface area contributed by atoms with Gasteiger partial charge >= 0.3 is 6.03 Å². The van der Waals surface area contributed by atoms with Crippen LogP contribution in [0, 0.1) is 0 Å². The quantitative estimate of drug-likeness (QED) is 0.942. The van der Waals surface area contributed by atoms with Gasteiger partial charge in [0, 0.05) is 37.9 Å². The highest BCUT2D eigenvalue weighted by Gasteiger charge is 2.26. The third-order valence-electron chi connectivity index (χ3n) is 4.16. The van der Waals surface area contributed by atoms with Crippen LogP contribution in [0.1, 0.15) is 23.5 Å². The number of urea groups is 1. The van der Waals surface area contributed by atoms with Crippen molar-refractivity contribution < 1.29 is 4.79 Å². The summed E-state index contributed by atoms with van der Waals surface area (Å²) in [5.74, 6) is 0.463. The summed E-state index contributed by atoms with van der Waals surface area (Å²) in [6, 6.07) is 14.4. The zero-order chi connectivity index (χ0) is 15.2. The van der Waals surface area contributed by atoms with Crippen LogP contribution in [0.25, 0.3) is 0 Å². The van der Waals surface area contributed by atoms with Gasteiger partial charge in [0.05, 0.1) is 0 Å². The molecule has 1 aliphatic heterocycles. The number of nitrogens with one attached hydrogen (secondary N) is 1. The lowest BCUT2D eigenvalue weighted by atomic mass is 9.99. The number of nitrogens with zero attached hydrogens (tertiary/aromatic N) is 2. The second-order valence-corrected chi connectivity index (χ2v) is 5.69. The van der Waals surface area contributed by atoms with E-state index in [1.807, 2.05) is 29.3 Å². The predicted molar refractivity (Wildman–Crippen MR) is 86.7 cm³/mol. The van der Waals surface area contributed by atoms with Crippen LogP contribution >= 0.6 is 0 Å². The van der Waals surface area contributed by atoms with Crippen LogP contribution in [0.15, 0.2) is 54.9 Å². The fourth-order valence-electron chi connectivity index (χ4n) is 2.91. The van der Waals surface area contributed by atoms with Crippen molar-refractivity contribution in [1.29, 1.82) is 0 Å². The van der Waals surface area contributed by atoms with Crippen molar-refractivity contribution in [3.8, 4) is 0 Å². The van der Waals surface area contributed by atoms with Crippen molar-refractivity contribution in [1.82, 2.24) is 15.2 Å². The molecule has 4 heteroatoms. The van der Waals surface area contributed by atoms with Crippen molar-refractivity contribution in [3.05, 3.63) is 66.0 Å². The first-order valence-corrected chi connectivity index (χ1v) is 7.79. The largest absolute Gasteiger partial charge is 0.338 e. The molecule has 1 aliphatic rings. The normalized spacial score (nSPS) is 17.5. The Balaban J connectivity index is 1.46. The van der Waals surface area contributed by atoms with E-state index >= 15 is 0 Å². The average Bonchev–Trinajstić information content (AvgIpc) is 3.07. The molecule has 0 saturated carbocycles. The molecule has 1 unspecified atom stereocenters. The van der Waals surface area contributed by atoms with Crippen LogP contribution in [0.2, 0.25) is 0 Å². The van der Waals surface area contributed by atoms with Crippen LogP contribution in [0.4, 0.5) is 4.79 Å². The second-order valence-electron chi connectivity index (χ2n) is 5.69. The molecule has 2 aromatic rings. The van der Waals surface area contributed by atoms with Gasteiger partial charge in [0.15, 0.2) is 0 Å². The van der Waals surface area contributed by atoms with Crippen LogP contribution < -0.4 is 5.32 Å². The molecule has 2 amide bonds. The van der Waals surface area contributed by atoms with Gasteiger partial charge in [-0.05, 0) is 30.0 Å². The summed E-state index contributed by atoms with van der Waals surface area (Å²) in [6.45, 7) is 2.29. The molecule has 0 bridgehead atoms. The van der Waals surface area contributed by atoms with E-state index in [0.717, 1.165) is 31.5 Å². The van der Waals surface area contributed by atoms with Gasteiger partial charge in [-0.2, -0.15) is 0 Å². The van der Waals surface area contributed by atoms with Crippen molar-refractivity contribution >= 4 is 6.03 Å². The number of rotatable bonds is 4. The minimum Gasteiger partial charge on any atom is -0.338 e. The van der Waals surface area contributed by atoms with E-state index in [0.29, 0.717) is 12.5 Å². The van der Waals surface area contributed by atoms with Crippen molar-refractivity contribution in [2.75, 3.05) is 19.6 Å². The van der Waals surface area contributed by atoms with Gasteiger partial charge in [-0.25, -0.2) is 4.79 Å². The van der Waals surface area contributed by atoms with Gasteiger partial charge in [-0.15, -0.1) is 0 Å². The molecule has 3 rings (SSSR count). The first-order chi connectivity index (χ1) is 10.8. The van der Waals surface area contributed by atoms with Crippen molar-refractivity contribution in [2.45, 2.75) is 18.8 Å². The maximum atomic E-state index is 12.2. The molecular weight excluding hydrogens is 274 g/mol.